The van der Waals surface area contributed by atoms with Crippen molar-refractivity contribution < 1.29 is 4.79 Å². The third-order valence-corrected chi connectivity index (χ3v) is 5.92. The van der Waals surface area contributed by atoms with E-state index in [0.29, 0.717) is 0 Å². The number of aromatic amines is 1. The molecule has 6 nitrogen and oxygen atoms in total. The number of nitrogens with one attached hydrogen (secondary N) is 4. The summed E-state index contributed by atoms with van der Waals surface area (Å²) in [5, 5.41) is 3.08. The first-order chi connectivity index (χ1) is 13.7. The van der Waals surface area contributed by atoms with Gasteiger partial charge in [0.1, 0.15) is 5.82 Å². The average Bonchev–Trinajstić information content (AvgIpc) is 3.39. The van der Waals surface area contributed by atoms with Crippen LogP contribution < -0.4 is 14.8 Å². The quantitative estimate of drug-likeness (QED) is 0.485. The molecule has 1 heterocycles. The van der Waals surface area contributed by atoms with Crippen LogP contribution in [0.1, 0.15) is 34.5 Å². The molecule has 0 fully saturated rings. The molecule has 0 aliphatic heterocycles. The lowest BCUT2D eigenvalue weighted by Crippen LogP contribution is -2.25. The Labute approximate surface area is 167 Å². The summed E-state index contributed by atoms with van der Waals surface area (Å²) in [6.45, 7) is 1.93. The highest BCUT2D eigenvalue weighted by atomic mass is 32.2. The van der Waals surface area contributed by atoms with Crippen molar-refractivity contribution in [3.63, 3.8) is 0 Å². The van der Waals surface area contributed by atoms with Crippen molar-refractivity contribution in [1.82, 2.24) is 14.7 Å². The number of nitrogens with zero attached hydrogens (tertiary/aromatic N) is 1. The van der Waals surface area contributed by atoms with Crippen LogP contribution in [0.5, 0.6) is 0 Å². The topological polar surface area (TPSA) is 81.8 Å². The van der Waals surface area contributed by atoms with Crippen molar-refractivity contribution in [2.24, 2.45) is 0 Å². The van der Waals surface area contributed by atoms with Crippen LogP contribution in [0.2, 0.25) is 0 Å². The lowest BCUT2D eigenvalue weighted by Gasteiger charge is -2.16. The number of aromatic nitrogens is 2. The number of fused-ring (bicyclic) bond motifs is 3. The number of hydrogen-bond donors (Lipinski definition) is 4. The summed E-state index contributed by atoms with van der Waals surface area (Å²) in [6.07, 6.45) is 8.52. The van der Waals surface area contributed by atoms with Crippen LogP contribution in [0.25, 0.3) is 17.1 Å². The van der Waals surface area contributed by atoms with Gasteiger partial charge >= 0.3 is 6.03 Å². The largest absolute Gasteiger partial charge is 0.342 e. The normalized spacial score (nSPS) is 14.2. The average molecular weight is 392 g/mol. The number of hydrogen-bond acceptors (Lipinski definition) is 4. The third kappa shape index (κ3) is 3.11. The first-order valence-electron chi connectivity index (χ1n) is 9.47. The number of urea groups is 1. The predicted molar refractivity (Wildman–Crippen MR) is 115 cm³/mol. The van der Waals surface area contributed by atoms with E-state index < -0.39 is 0 Å². The lowest BCUT2D eigenvalue weighted by molar-refractivity contribution is 0.257. The van der Waals surface area contributed by atoms with Gasteiger partial charge in [-0.1, -0.05) is 18.2 Å². The summed E-state index contributed by atoms with van der Waals surface area (Å²) in [5.41, 5.74) is 8.91. The van der Waals surface area contributed by atoms with E-state index >= 15 is 0 Å². The molecule has 0 unspecified atom stereocenters. The minimum atomic E-state index is -0.223. The molecule has 0 saturated heterocycles. The first kappa shape index (κ1) is 17.2. The van der Waals surface area contributed by atoms with E-state index in [0.717, 1.165) is 71.6 Å². The number of aryl methyl sites for hydroxylation is 2. The van der Waals surface area contributed by atoms with Gasteiger partial charge in [-0.3, -0.25) is 4.72 Å². The molecule has 0 saturated carbocycles. The molecule has 0 radical (unpaired) electrons. The van der Waals surface area contributed by atoms with Crippen LogP contribution in [0, 0.1) is 6.92 Å². The number of anilines is 2. The van der Waals surface area contributed by atoms with Crippen LogP contribution in [-0.2, 0) is 19.3 Å². The summed E-state index contributed by atoms with van der Waals surface area (Å²) < 4.78 is 5.97. The number of carbonyl (C=O) groups is 1. The van der Waals surface area contributed by atoms with Gasteiger partial charge in [0.25, 0.3) is 0 Å². The van der Waals surface area contributed by atoms with Gasteiger partial charge in [-0.15, -0.1) is 0 Å². The van der Waals surface area contributed by atoms with Gasteiger partial charge in [0.05, 0.1) is 28.9 Å². The number of H-pyrrole nitrogens is 1. The lowest BCUT2D eigenvalue weighted by atomic mass is 9.98. The van der Waals surface area contributed by atoms with E-state index in [9.17, 15) is 4.79 Å². The van der Waals surface area contributed by atoms with Gasteiger partial charge in [-0.2, -0.15) is 0 Å². The Kier molecular flexibility index (Phi) is 4.24. The van der Waals surface area contributed by atoms with Crippen molar-refractivity contribution in [3.8, 4) is 0 Å². The zero-order chi connectivity index (χ0) is 19.1. The van der Waals surface area contributed by atoms with E-state index in [2.05, 4.69) is 42.9 Å². The maximum Gasteiger partial charge on any atom is 0.330 e. The van der Waals surface area contributed by atoms with Gasteiger partial charge in [-0.25, -0.2) is 9.78 Å². The molecule has 4 N–H and O–H groups in total. The Morgan fingerprint density at radius 2 is 2.14 bits per heavy atom. The zero-order valence-electron chi connectivity index (χ0n) is 15.6. The number of rotatable bonds is 4. The smallest absolute Gasteiger partial charge is 0.330 e. The van der Waals surface area contributed by atoms with Gasteiger partial charge in [0.2, 0.25) is 0 Å². The maximum atomic E-state index is 12.5. The monoisotopic (exact) mass is 391 g/mol. The fourth-order valence-electron chi connectivity index (χ4n) is 4.10. The molecule has 3 aromatic rings. The number of carbonyl (C=O) groups excluding carboxylic acids is 1. The third-order valence-electron chi connectivity index (χ3n) is 5.30. The molecular formula is C21H21N5OS. The summed E-state index contributed by atoms with van der Waals surface area (Å²) >= 11 is 1.15. The predicted octanol–water partition coefficient (Wildman–Crippen LogP) is 4.73. The van der Waals surface area contributed by atoms with Crippen LogP contribution >= 0.6 is 12.1 Å². The Hall–Kier alpha value is -2.93. The van der Waals surface area contributed by atoms with E-state index in [-0.39, 0.29) is 6.03 Å². The summed E-state index contributed by atoms with van der Waals surface area (Å²) in [6, 6.07) is 7.95. The zero-order valence-corrected chi connectivity index (χ0v) is 16.4. The van der Waals surface area contributed by atoms with Crippen LogP contribution in [0.15, 0.2) is 30.3 Å². The molecule has 2 aliphatic rings. The molecule has 0 bridgehead atoms. The van der Waals surface area contributed by atoms with Gasteiger partial charge in [0.15, 0.2) is 0 Å². The fraction of sp³-hybridized carbons (Fsp3) is 0.238. The maximum absolute atomic E-state index is 12.5. The number of allylic oxidation sites excluding steroid dienone is 1. The minimum absolute atomic E-state index is 0.223. The second-order valence-electron chi connectivity index (χ2n) is 7.24. The SMILES string of the molecule is Cc1nc2ccc(NSNC(=O)Nc3c4c(cc5c3CCC5)CC=C4)cc2[nH]1. The standard InChI is InChI=1S/C21H21N5OS/c1-12-22-18-9-8-15(11-19(18)23-12)25-28-26-21(27)24-20-16-6-2-4-13(16)10-14-5-3-7-17(14)20/h2,6,8-11,25H,3-5,7H2,1H3,(H,22,23)(H2,24,26,27). The molecule has 2 aliphatic carbocycles. The molecule has 0 spiro atoms. The van der Waals surface area contributed by atoms with Crippen LogP contribution in [-0.4, -0.2) is 16.0 Å². The molecule has 142 valence electrons. The molecule has 1 aromatic heterocycles. The van der Waals surface area contributed by atoms with Crippen molar-refractivity contribution >= 4 is 46.6 Å². The Morgan fingerprint density at radius 1 is 1.21 bits per heavy atom. The Bertz CT molecular complexity index is 1120. The van der Waals surface area contributed by atoms with Crippen molar-refractivity contribution in [3.05, 3.63) is 58.4 Å². The minimum Gasteiger partial charge on any atom is -0.342 e. The van der Waals surface area contributed by atoms with Crippen LogP contribution in [0.4, 0.5) is 16.2 Å². The van der Waals surface area contributed by atoms with E-state index in [4.69, 9.17) is 0 Å². The molecular weight excluding hydrogens is 370 g/mol. The Balaban J connectivity index is 1.25. The highest BCUT2D eigenvalue weighted by molar-refractivity contribution is 7.99. The fourth-order valence-corrected chi connectivity index (χ4v) is 4.54. The molecule has 2 amide bonds. The summed E-state index contributed by atoms with van der Waals surface area (Å²) in [5.74, 6) is 0.884. The first-order valence-corrected chi connectivity index (χ1v) is 10.3. The van der Waals surface area contributed by atoms with E-state index in [1.807, 2.05) is 25.1 Å². The van der Waals surface area contributed by atoms with E-state index in [1.165, 1.54) is 16.7 Å². The molecule has 28 heavy (non-hydrogen) atoms. The highest BCUT2D eigenvalue weighted by Crippen LogP contribution is 2.37. The van der Waals surface area contributed by atoms with Crippen molar-refractivity contribution in [2.45, 2.75) is 32.6 Å². The number of amides is 2. The van der Waals surface area contributed by atoms with E-state index in [1.54, 1.807) is 0 Å². The second-order valence-corrected chi connectivity index (χ2v) is 7.85. The number of benzene rings is 2. The van der Waals surface area contributed by atoms with Crippen molar-refractivity contribution in [1.29, 1.82) is 0 Å². The second kappa shape index (κ2) is 6.91. The molecule has 0 atom stereocenters. The van der Waals surface area contributed by atoms with Gasteiger partial charge in [0, 0.05) is 11.3 Å². The van der Waals surface area contributed by atoms with Crippen molar-refractivity contribution in [2.75, 3.05) is 10.0 Å². The van der Waals surface area contributed by atoms with Gasteiger partial charge < -0.3 is 15.0 Å². The van der Waals surface area contributed by atoms with Crippen LogP contribution in [0.3, 0.4) is 0 Å². The molecule has 2 aromatic carbocycles. The molecule has 5 rings (SSSR count). The molecule has 7 heteroatoms. The number of imidazole rings is 1. The summed E-state index contributed by atoms with van der Waals surface area (Å²) in [4.78, 5) is 20.1. The Morgan fingerprint density at radius 3 is 3.07 bits per heavy atom. The summed E-state index contributed by atoms with van der Waals surface area (Å²) in [7, 11) is 0. The van der Waals surface area contributed by atoms with Gasteiger partial charge in [-0.05, 0) is 67.5 Å². The highest BCUT2D eigenvalue weighted by Gasteiger charge is 2.22.